The van der Waals surface area contributed by atoms with Gasteiger partial charge in [-0.2, -0.15) is 15.0 Å². The molecule has 0 saturated carbocycles. The third-order valence-corrected chi connectivity index (χ3v) is 3.15. The Balaban J connectivity index is 2.23. The second kappa shape index (κ2) is 6.99. The lowest BCUT2D eigenvalue weighted by Gasteiger charge is -2.18. The number of benzene rings is 1. The van der Waals surface area contributed by atoms with Gasteiger partial charge >= 0.3 is 0 Å². The Bertz CT molecular complexity index is 660. The molecule has 0 saturated heterocycles. The maximum atomic E-state index is 10.6. The number of halogens is 1. The number of aromatic nitrogens is 3. The molecule has 1 N–H and O–H groups in total. The molecule has 0 aliphatic rings. The Morgan fingerprint density at radius 1 is 1.18 bits per heavy atom. The molecule has 1 heterocycles. The smallest absolute Gasteiger partial charge is 0.269 e. The zero-order valence-corrected chi connectivity index (χ0v) is 12.9. The Hall–Kier alpha value is -2.48. The lowest BCUT2D eigenvalue weighted by atomic mass is 10.3. The van der Waals surface area contributed by atoms with Crippen molar-refractivity contribution in [3.8, 4) is 0 Å². The number of nitrogens with one attached hydrogen (secondary N) is 1. The summed E-state index contributed by atoms with van der Waals surface area (Å²) in [5.74, 6) is 0.769. The van der Waals surface area contributed by atoms with E-state index in [4.69, 9.17) is 11.6 Å². The van der Waals surface area contributed by atoms with Gasteiger partial charge in [0.1, 0.15) is 0 Å². The molecule has 0 aliphatic heterocycles. The number of nitro groups is 1. The minimum atomic E-state index is -0.456. The van der Waals surface area contributed by atoms with Gasteiger partial charge in [-0.15, -0.1) is 0 Å². The number of hydrogen-bond donors (Lipinski definition) is 1. The first-order valence-electron chi connectivity index (χ1n) is 6.71. The Kier molecular flexibility index (Phi) is 5.05. The summed E-state index contributed by atoms with van der Waals surface area (Å²) in [5, 5.41) is 13.7. The van der Waals surface area contributed by atoms with Crippen molar-refractivity contribution in [2.24, 2.45) is 0 Å². The first-order valence-corrected chi connectivity index (χ1v) is 7.09. The highest BCUT2D eigenvalue weighted by molar-refractivity contribution is 6.28. The van der Waals surface area contributed by atoms with Gasteiger partial charge in [0.25, 0.3) is 5.69 Å². The number of non-ortho nitro benzene ring substituents is 1. The van der Waals surface area contributed by atoms with Gasteiger partial charge in [-0.3, -0.25) is 10.1 Å². The van der Waals surface area contributed by atoms with E-state index in [0.29, 0.717) is 11.6 Å². The minimum absolute atomic E-state index is 0.0167. The summed E-state index contributed by atoms with van der Waals surface area (Å²) in [6.45, 7) is 5.47. The largest absolute Gasteiger partial charge is 0.341 e. The molecule has 22 heavy (non-hydrogen) atoms. The van der Waals surface area contributed by atoms with Crippen molar-refractivity contribution < 1.29 is 4.92 Å². The van der Waals surface area contributed by atoms with Crippen LogP contribution in [0.1, 0.15) is 13.8 Å². The molecule has 1 aromatic heterocycles. The van der Waals surface area contributed by atoms with Crippen LogP contribution in [0.5, 0.6) is 0 Å². The summed E-state index contributed by atoms with van der Waals surface area (Å²) in [6.07, 6.45) is 0. The Morgan fingerprint density at radius 3 is 2.36 bits per heavy atom. The van der Waals surface area contributed by atoms with Gasteiger partial charge in [0.2, 0.25) is 17.2 Å². The maximum Gasteiger partial charge on any atom is 0.269 e. The van der Waals surface area contributed by atoms with E-state index in [1.54, 1.807) is 12.1 Å². The van der Waals surface area contributed by atoms with Crippen LogP contribution in [0.4, 0.5) is 23.3 Å². The van der Waals surface area contributed by atoms with Gasteiger partial charge < -0.3 is 10.2 Å². The van der Waals surface area contributed by atoms with Crippen LogP contribution in [0.2, 0.25) is 5.28 Å². The molecule has 8 nitrogen and oxygen atoms in total. The molecule has 0 spiro atoms. The average molecular weight is 323 g/mol. The van der Waals surface area contributed by atoms with Crippen molar-refractivity contribution in [3.05, 3.63) is 39.7 Å². The normalized spacial score (nSPS) is 10.3. The fourth-order valence-corrected chi connectivity index (χ4v) is 1.99. The Morgan fingerprint density at radius 2 is 1.82 bits per heavy atom. The predicted molar refractivity (Wildman–Crippen MR) is 84.8 cm³/mol. The van der Waals surface area contributed by atoms with Crippen LogP contribution in [-0.4, -0.2) is 33.0 Å². The van der Waals surface area contributed by atoms with Gasteiger partial charge in [-0.05, 0) is 37.6 Å². The summed E-state index contributed by atoms with van der Waals surface area (Å²) in [7, 11) is 0. The van der Waals surface area contributed by atoms with E-state index in [9.17, 15) is 10.1 Å². The van der Waals surface area contributed by atoms with Gasteiger partial charge in [0.05, 0.1) is 4.92 Å². The summed E-state index contributed by atoms with van der Waals surface area (Å²) in [4.78, 5) is 24.5. The number of rotatable bonds is 6. The van der Waals surface area contributed by atoms with Gasteiger partial charge in [-0.25, -0.2) is 0 Å². The van der Waals surface area contributed by atoms with Gasteiger partial charge in [0, 0.05) is 30.9 Å². The molecule has 2 rings (SSSR count). The first-order chi connectivity index (χ1) is 10.5. The molecule has 0 radical (unpaired) electrons. The van der Waals surface area contributed by atoms with Crippen LogP contribution < -0.4 is 10.2 Å². The molecule has 0 amide bonds. The van der Waals surface area contributed by atoms with E-state index in [1.165, 1.54) is 12.1 Å². The monoisotopic (exact) mass is 322 g/mol. The van der Waals surface area contributed by atoms with Crippen molar-refractivity contribution in [3.63, 3.8) is 0 Å². The highest BCUT2D eigenvalue weighted by atomic mass is 35.5. The molecule has 0 fully saturated rings. The summed E-state index contributed by atoms with van der Waals surface area (Å²) >= 11 is 5.92. The second-order valence-electron chi connectivity index (χ2n) is 4.33. The van der Waals surface area contributed by atoms with Crippen molar-refractivity contribution in [2.75, 3.05) is 23.3 Å². The molecule has 0 unspecified atom stereocenters. The summed E-state index contributed by atoms with van der Waals surface area (Å²) in [5.41, 5.74) is 0.640. The number of nitrogens with zero attached hydrogens (tertiary/aromatic N) is 5. The van der Waals surface area contributed by atoms with Crippen LogP contribution in [-0.2, 0) is 0 Å². The maximum absolute atomic E-state index is 10.6. The lowest BCUT2D eigenvalue weighted by molar-refractivity contribution is -0.384. The van der Waals surface area contributed by atoms with Crippen molar-refractivity contribution in [2.45, 2.75) is 13.8 Å². The fourth-order valence-electron chi connectivity index (χ4n) is 1.84. The van der Waals surface area contributed by atoms with Crippen LogP contribution in [0.15, 0.2) is 24.3 Å². The molecule has 116 valence electrons. The third-order valence-electron chi connectivity index (χ3n) is 2.98. The van der Waals surface area contributed by atoms with Gasteiger partial charge in [-0.1, -0.05) is 0 Å². The van der Waals surface area contributed by atoms with E-state index < -0.39 is 4.92 Å². The van der Waals surface area contributed by atoms with E-state index in [2.05, 4.69) is 20.3 Å². The van der Waals surface area contributed by atoms with Crippen LogP contribution >= 0.6 is 11.6 Å². The second-order valence-corrected chi connectivity index (χ2v) is 4.67. The molecule has 0 bridgehead atoms. The molecular weight excluding hydrogens is 308 g/mol. The van der Waals surface area contributed by atoms with Crippen LogP contribution in [0.25, 0.3) is 0 Å². The number of nitro benzene ring substituents is 1. The van der Waals surface area contributed by atoms with E-state index in [1.807, 2.05) is 18.7 Å². The first kappa shape index (κ1) is 15.9. The van der Waals surface area contributed by atoms with Gasteiger partial charge in [0.15, 0.2) is 0 Å². The fraction of sp³-hybridized carbons (Fsp3) is 0.308. The SMILES string of the molecule is CCN(CC)c1nc(Cl)nc(Nc2ccc([N+](=O)[O-])cc2)n1. The highest BCUT2D eigenvalue weighted by Gasteiger charge is 2.11. The lowest BCUT2D eigenvalue weighted by Crippen LogP contribution is -2.24. The topological polar surface area (TPSA) is 97.1 Å². The van der Waals surface area contributed by atoms with E-state index in [-0.39, 0.29) is 16.9 Å². The molecular formula is C13H15ClN6O2. The van der Waals surface area contributed by atoms with Crippen molar-refractivity contribution in [1.82, 2.24) is 15.0 Å². The third kappa shape index (κ3) is 3.79. The molecule has 9 heteroatoms. The molecule has 2 aromatic rings. The highest BCUT2D eigenvalue weighted by Crippen LogP contribution is 2.20. The summed E-state index contributed by atoms with van der Waals surface area (Å²) < 4.78 is 0. The average Bonchev–Trinajstić information content (AvgIpc) is 2.48. The van der Waals surface area contributed by atoms with Crippen molar-refractivity contribution in [1.29, 1.82) is 0 Å². The van der Waals surface area contributed by atoms with Crippen molar-refractivity contribution >= 4 is 34.9 Å². The minimum Gasteiger partial charge on any atom is -0.341 e. The quantitative estimate of drug-likeness (QED) is 0.644. The van der Waals surface area contributed by atoms with Crippen LogP contribution in [0.3, 0.4) is 0 Å². The van der Waals surface area contributed by atoms with E-state index in [0.717, 1.165) is 13.1 Å². The number of anilines is 3. The molecule has 0 aliphatic carbocycles. The van der Waals surface area contributed by atoms with Crippen LogP contribution in [0, 0.1) is 10.1 Å². The zero-order chi connectivity index (χ0) is 16.1. The standard InChI is InChI=1S/C13H15ClN6O2/c1-3-19(4-2)13-17-11(14)16-12(18-13)15-9-5-7-10(8-6-9)20(21)22/h5-8H,3-4H2,1-2H3,(H,15,16,17,18). The Labute approximate surface area is 132 Å². The number of hydrogen-bond acceptors (Lipinski definition) is 7. The molecule has 0 atom stereocenters. The predicted octanol–water partition coefficient (Wildman–Crippen LogP) is 3.02. The van der Waals surface area contributed by atoms with E-state index >= 15 is 0 Å². The zero-order valence-electron chi connectivity index (χ0n) is 12.2. The molecule has 1 aromatic carbocycles. The summed E-state index contributed by atoms with van der Waals surface area (Å²) in [6, 6.07) is 5.95.